The van der Waals surface area contributed by atoms with Gasteiger partial charge in [-0.15, -0.1) is 0 Å². The molecule has 3 aromatic carbocycles. The first-order valence-electron chi connectivity index (χ1n) is 13.7. The SMILES string of the molecule is C[C@@H](NC(=O)c1cc(C(=O)N[C@@H](Cc2ccccc2)[C@H](O)C2CCCN2)cc(N(C)S(C)(=O)=O)c1)c1ccccc1. The summed E-state index contributed by atoms with van der Waals surface area (Å²) in [5, 5.41) is 20.4. The summed E-state index contributed by atoms with van der Waals surface area (Å²) >= 11 is 0. The number of hydrogen-bond donors (Lipinski definition) is 4. The number of rotatable bonds is 11. The highest BCUT2D eigenvalue weighted by molar-refractivity contribution is 7.92. The van der Waals surface area contributed by atoms with E-state index in [1.807, 2.05) is 67.6 Å². The van der Waals surface area contributed by atoms with Crippen LogP contribution in [0.2, 0.25) is 0 Å². The van der Waals surface area contributed by atoms with E-state index in [-0.39, 0.29) is 28.9 Å². The molecule has 41 heavy (non-hydrogen) atoms. The van der Waals surface area contributed by atoms with Gasteiger partial charge in [-0.2, -0.15) is 0 Å². The summed E-state index contributed by atoms with van der Waals surface area (Å²) < 4.78 is 25.7. The topological polar surface area (TPSA) is 128 Å². The van der Waals surface area contributed by atoms with E-state index >= 15 is 0 Å². The molecular weight excluding hydrogens is 540 g/mol. The predicted octanol–water partition coefficient (Wildman–Crippen LogP) is 3.03. The maximum Gasteiger partial charge on any atom is 0.251 e. The van der Waals surface area contributed by atoms with E-state index in [2.05, 4.69) is 16.0 Å². The predicted molar refractivity (Wildman–Crippen MR) is 160 cm³/mol. The molecule has 1 heterocycles. The summed E-state index contributed by atoms with van der Waals surface area (Å²) in [6.07, 6.45) is 2.33. The minimum absolute atomic E-state index is 0.111. The Kier molecular flexibility index (Phi) is 9.80. The number of nitrogens with zero attached hydrogens (tertiary/aromatic N) is 1. The molecule has 0 radical (unpaired) electrons. The quantitative estimate of drug-likeness (QED) is 0.277. The average molecular weight is 579 g/mol. The molecule has 1 aliphatic heterocycles. The number of anilines is 1. The largest absolute Gasteiger partial charge is 0.389 e. The second-order valence-electron chi connectivity index (χ2n) is 10.6. The van der Waals surface area contributed by atoms with Crippen molar-refractivity contribution in [1.82, 2.24) is 16.0 Å². The highest BCUT2D eigenvalue weighted by Gasteiger charge is 2.31. The molecule has 4 N–H and O–H groups in total. The minimum Gasteiger partial charge on any atom is -0.389 e. The molecule has 3 aromatic rings. The Hall–Kier alpha value is -3.73. The van der Waals surface area contributed by atoms with Crippen LogP contribution in [0, 0.1) is 0 Å². The van der Waals surface area contributed by atoms with Gasteiger partial charge in [-0.05, 0) is 62.1 Å². The molecule has 0 spiro atoms. The molecular formula is C31H38N4O5S. The highest BCUT2D eigenvalue weighted by atomic mass is 32.2. The van der Waals surface area contributed by atoms with Crippen molar-refractivity contribution in [3.05, 3.63) is 101 Å². The monoisotopic (exact) mass is 578 g/mol. The highest BCUT2D eigenvalue weighted by Crippen LogP contribution is 2.23. The summed E-state index contributed by atoms with van der Waals surface area (Å²) in [6, 6.07) is 22.3. The van der Waals surface area contributed by atoms with Gasteiger partial charge in [0, 0.05) is 24.2 Å². The van der Waals surface area contributed by atoms with Gasteiger partial charge in [0.1, 0.15) is 0 Å². The Labute approximate surface area is 242 Å². The smallest absolute Gasteiger partial charge is 0.251 e. The molecule has 4 rings (SSSR count). The first-order valence-corrected chi connectivity index (χ1v) is 15.6. The first kappa shape index (κ1) is 30.2. The molecule has 4 atom stereocenters. The van der Waals surface area contributed by atoms with Crippen LogP contribution in [0.4, 0.5) is 5.69 Å². The second-order valence-corrected chi connectivity index (χ2v) is 12.6. The Balaban J connectivity index is 1.64. The van der Waals surface area contributed by atoms with E-state index in [1.165, 1.54) is 25.2 Å². The van der Waals surface area contributed by atoms with Crippen molar-refractivity contribution in [2.45, 2.75) is 50.4 Å². The van der Waals surface area contributed by atoms with Crippen molar-refractivity contribution < 1.29 is 23.1 Å². The van der Waals surface area contributed by atoms with E-state index in [0.717, 1.165) is 41.1 Å². The molecule has 218 valence electrons. The van der Waals surface area contributed by atoms with Crippen LogP contribution < -0.4 is 20.3 Å². The zero-order valence-electron chi connectivity index (χ0n) is 23.6. The fourth-order valence-electron chi connectivity index (χ4n) is 5.01. The van der Waals surface area contributed by atoms with Gasteiger partial charge in [0.25, 0.3) is 11.8 Å². The number of carbonyl (C=O) groups excluding carboxylic acids is 2. The Morgan fingerprint density at radius 1 is 0.976 bits per heavy atom. The zero-order valence-corrected chi connectivity index (χ0v) is 24.4. The van der Waals surface area contributed by atoms with E-state index in [4.69, 9.17) is 0 Å². The fourth-order valence-corrected chi connectivity index (χ4v) is 5.50. The van der Waals surface area contributed by atoms with Gasteiger partial charge in [-0.3, -0.25) is 13.9 Å². The third kappa shape index (κ3) is 7.93. The maximum atomic E-state index is 13.7. The van der Waals surface area contributed by atoms with Gasteiger partial charge in [0.2, 0.25) is 10.0 Å². The van der Waals surface area contributed by atoms with Crippen molar-refractivity contribution in [3.63, 3.8) is 0 Å². The van der Waals surface area contributed by atoms with E-state index in [9.17, 15) is 23.1 Å². The minimum atomic E-state index is -3.67. The third-order valence-electron chi connectivity index (χ3n) is 7.49. The van der Waals surface area contributed by atoms with Gasteiger partial charge in [-0.1, -0.05) is 60.7 Å². The molecule has 2 amide bonds. The molecule has 0 bridgehead atoms. The molecule has 0 saturated carbocycles. The van der Waals surface area contributed by atoms with Gasteiger partial charge in [0.15, 0.2) is 0 Å². The van der Waals surface area contributed by atoms with Crippen molar-refractivity contribution >= 4 is 27.5 Å². The molecule has 0 aliphatic carbocycles. The van der Waals surface area contributed by atoms with Gasteiger partial charge < -0.3 is 21.1 Å². The average Bonchev–Trinajstić information content (AvgIpc) is 3.51. The van der Waals surface area contributed by atoms with Crippen molar-refractivity contribution in [3.8, 4) is 0 Å². The van der Waals surface area contributed by atoms with Gasteiger partial charge >= 0.3 is 0 Å². The Morgan fingerprint density at radius 2 is 1.56 bits per heavy atom. The second kappa shape index (κ2) is 13.3. The molecule has 0 aromatic heterocycles. The van der Waals surface area contributed by atoms with E-state index < -0.39 is 34.0 Å². The summed E-state index contributed by atoms with van der Waals surface area (Å²) in [5.74, 6) is -0.966. The standard InChI is InChI=1S/C31H38N4O5S/c1-21(23-13-8-5-9-14-23)33-30(37)24-18-25(20-26(19-24)35(2)41(3,39)40)31(38)34-28(17-22-11-6-4-7-12-22)29(36)27-15-10-16-32-27/h4-9,11-14,18-21,27-29,32,36H,10,15-17H2,1-3H3,(H,33,37)(H,34,38)/t21-,27?,28+,29-/m1/s1. The van der Waals surface area contributed by atoms with Crippen LogP contribution in [0.3, 0.4) is 0 Å². The summed E-state index contributed by atoms with van der Waals surface area (Å²) in [6.45, 7) is 2.65. The number of nitrogens with one attached hydrogen (secondary N) is 3. The van der Waals surface area contributed by atoms with Crippen LogP contribution in [0.15, 0.2) is 78.9 Å². The lowest BCUT2D eigenvalue weighted by atomic mass is 9.95. The Bertz CT molecular complexity index is 1440. The van der Waals surface area contributed by atoms with Crippen LogP contribution in [-0.4, -0.2) is 63.4 Å². The molecule has 1 fully saturated rings. The lowest BCUT2D eigenvalue weighted by Gasteiger charge is -2.29. The van der Waals surface area contributed by atoms with Crippen LogP contribution >= 0.6 is 0 Å². The molecule has 1 saturated heterocycles. The van der Waals surface area contributed by atoms with Gasteiger partial charge in [-0.25, -0.2) is 8.42 Å². The summed E-state index contributed by atoms with van der Waals surface area (Å²) in [5.41, 5.74) is 2.29. The fraction of sp³-hybridized carbons (Fsp3) is 0.355. The third-order valence-corrected chi connectivity index (χ3v) is 8.69. The first-order chi connectivity index (χ1) is 19.5. The number of aliphatic hydroxyl groups is 1. The number of hydrogen-bond acceptors (Lipinski definition) is 6. The zero-order chi connectivity index (χ0) is 29.6. The number of carbonyl (C=O) groups is 2. The van der Waals surface area contributed by atoms with Crippen LogP contribution in [0.25, 0.3) is 0 Å². The molecule has 10 heteroatoms. The van der Waals surface area contributed by atoms with Crippen molar-refractivity contribution in [2.24, 2.45) is 0 Å². The van der Waals surface area contributed by atoms with Crippen molar-refractivity contribution in [1.29, 1.82) is 0 Å². The van der Waals surface area contributed by atoms with Crippen LogP contribution in [-0.2, 0) is 16.4 Å². The summed E-state index contributed by atoms with van der Waals surface area (Å²) in [7, 11) is -2.30. The van der Waals surface area contributed by atoms with E-state index in [1.54, 1.807) is 0 Å². The molecule has 9 nitrogen and oxygen atoms in total. The molecule has 1 unspecified atom stereocenters. The lowest BCUT2D eigenvalue weighted by molar-refractivity contribution is 0.0738. The number of aliphatic hydroxyl groups excluding tert-OH is 1. The van der Waals surface area contributed by atoms with E-state index in [0.29, 0.717) is 6.42 Å². The Morgan fingerprint density at radius 3 is 2.12 bits per heavy atom. The molecule has 1 aliphatic rings. The number of amides is 2. The van der Waals surface area contributed by atoms with Crippen LogP contribution in [0.1, 0.15) is 57.7 Å². The maximum absolute atomic E-state index is 13.7. The number of sulfonamides is 1. The van der Waals surface area contributed by atoms with Gasteiger partial charge in [0.05, 0.1) is 30.1 Å². The normalized spacial score (nSPS) is 17.3. The van der Waals surface area contributed by atoms with Crippen molar-refractivity contribution in [2.75, 3.05) is 24.2 Å². The van der Waals surface area contributed by atoms with Crippen LogP contribution in [0.5, 0.6) is 0 Å². The number of benzene rings is 3. The lowest BCUT2D eigenvalue weighted by Crippen LogP contribution is -2.52. The summed E-state index contributed by atoms with van der Waals surface area (Å²) in [4.78, 5) is 27.0.